The number of amides is 1. The van der Waals surface area contributed by atoms with E-state index in [1.807, 2.05) is 6.92 Å². The summed E-state index contributed by atoms with van der Waals surface area (Å²) >= 11 is 1.38. The van der Waals surface area contributed by atoms with Gasteiger partial charge in [0.05, 0.1) is 0 Å². The number of rotatable bonds is 4. The van der Waals surface area contributed by atoms with Crippen molar-refractivity contribution in [1.82, 2.24) is 10.2 Å². The summed E-state index contributed by atoms with van der Waals surface area (Å²) in [4.78, 5) is 11.9. The molecule has 7 heteroatoms. The van der Waals surface area contributed by atoms with Crippen molar-refractivity contribution in [2.45, 2.75) is 13.3 Å². The van der Waals surface area contributed by atoms with Crippen LogP contribution in [0.25, 0.3) is 0 Å². The highest BCUT2D eigenvalue weighted by Crippen LogP contribution is 2.17. The van der Waals surface area contributed by atoms with Gasteiger partial charge in [-0.05, 0) is 30.7 Å². The Morgan fingerprint density at radius 1 is 1.33 bits per heavy atom. The maximum Gasteiger partial charge on any atom is 0.257 e. The molecule has 0 unspecified atom stereocenters. The smallest absolute Gasteiger partial charge is 0.257 e. The summed E-state index contributed by atoms with van der Waals surface area (Å²) in [5.41, 5.74) is 3.79. The van der Waals surface area contributed by atoms with Gasteiger partial charge < -0.3 is 5.43 Å². The number of nitrogens with two attached hydrogens (primary N) is 1. The highest BCUT2D eigenvalue weighted by molar-refractivity contribution is 7.15. The quantitative estimate of drug-likeness (QED) is 0.576. The van der Waals surface area contributed by atoms with Crippen LogP contribution in [-0.2, 0) is 6.42 Å². The summed E-state index contributed by atoms with van der Waals surface area (Å²) in [6, 6.07) is 6.83. The van der Waals surface area contributed by atoms with Crippen LogP contribution in [0, 0.1) is 0 Å². The average Bonchev–Trinajstić information content (AvgIpc) is 2.86. The van der Waals surface area contributed by atoms with Crippen LogP contribution in [0.15, 0.2) is 24.3 Å². The summed E-state index contributed by atoms with van der Waals surface area (Å²) in [7, 11) is 0. The van der Waals surface area contributed by atoms with Crippen molar-refractivity contribution in [2.24, 2.45) is 5.84 Å². The second kappa shape index (κ2) is 5.56. The first-order valence-corrected chi connectivity index (χ1v) is 6.25. The second-order valence-electron chi connectivity index (χ2n) is 3.53. The number of hydrazine groups is 1. The number of hydrogen-bond acceptors (Lipinski definition) is 6. The highest BCUT2D eigenvalue weighted by Gasteiger charge is 2.09. The number of benzene rings is 1. The Hall–Kier alpha value is -1.99. The van der Waals surface area contributed by atoms with E-state index in [9.17, 15) is 4.79 Å². The van der Waals surface area contributed by atoms with Gasteiger partial charge in [-0.1, -0.05) is 18.3 Å². The van der Waals surface area contributed by atoms with E-state index in [1.54, 1.807) is 24.3 Å². The zero-order chi connectivity index (χ0) is 13.0. The van der Waals surface area contributed by atoms with E-state index in [1.165, 1.54) is 11.3 Å². The fourth-order valence-electron chi connectivity index (χ4n) is 1.33. The predicted molar refractivity (Wildman–Crippen MR) is 71.5 cm³/mol. The van der Waals surface area contributed by atoms with Crippen LogP contribution in [0.3, 0.4) is 0 Å². The number of nitrogen functional groups attached to an aromatic ring is 1. The number of hydrogen-bond donors (Lipinski definition) is 3. The first kappa shape index (κ1) is 12.5. The van der Waals surface area contributed by atoms with Gasteiger partial charge in [0.1, 0.15) is 5.01 Å². The van der Waals surface area contributed by atoms with Crippen molar-refractivity contribution in [3.63, 3.8) is 0 Å². The maximum atomic E-state index is 11.9. The monoisotopic (exact) mass is 263 g/mol. The molecule has 0 saturated heterocycles. The molecule has 0 radical (unpaired) electrons. The Morgan fingerprint density at radius 2 is 2.06 bits per heavy atom. The van der Waals surface area contributed by atoms with Crippen molar-refractivity contribution >= 4 is 28.1 Å². The third kappa shape index (κ3) is 2.82. The fraction of sp³-hybridized carbons (Fsp3) is 0.182. The van der Waals surface area contributed by atoms with Gasteiger partial charge in [-0.25, -0.2) is 0 Å². The van der Waals surface area contributed by atoms with Crippen molar-refractivity contribution < 1.29 is 4.79 Å². The molecule has 4 N–H and O–H groups in total. The Kier molecular flexibility index (Phi) is 3.85. The zero-order valence-corrected chi connectivity index (χ0v) is 10.6. The van der Waals surface area contributed by atoms with Crippen LogP contribution in [-0.4, -0.2) is 16.1 Å². The summed E-state index contributed by atoms with van der Waals surface area (Å²) in [6.45, 7) is 1.99. The molecular formula is C11H13N5OS. The first-order valence-electron chi connectivity index (χ1n) is 5.43. The van der Waals surface area contributed by atoms with Crippen LogP contribution in [0.2, 0.25) is 0 Å². The third-order valence-electron chi connectivity index (χ3n) is 2.30. The van der Waals surface area contributed by atoms with E-state index in [0.29, 0.717) is 10.7 Å². The third-order valence-corrected chi connectivity index (χ3v) is 3.29. The lowest BCUT2D eigenvalue weighted by Crippen LogP contribution is -2.12. The van der Waals surface area contributed by atoms with Gasteiger partial charge in [0.25, 0.3) is 5.91 Å². The number of carbonyl (C=O) groups is 1. The number of nitrogens with zero attached hydrogens (tertiary/aromatic N) is 2. The van der Waals surface area contributed by atoms with Gasteiger partial charge in [-0.2, -0.15) is 0 Å². The molecule has 0 bridgehead atoms. The molecule has 0 fully saturated rings. The Balaban J connectivity index is 2.06. The molecular weight excluding hydrogens is 250 g/mol. The molecule has 1 heterocycles. The van der Waals surface area contributed by atoms with Crippen molar-refractivity contribution in [3.05, 3.63) is 34.8 Å². The molecule has 0 spiro atoms. The molecule has 0 aliphatic rings. The number of nitrogens with one attached hydrogen (secondary N) is 2. The molecule has 1 aromatic carbocycles. The first-order chi connectivity index (χ1) is 8.72. The SMILES string of the molecule is CCc1nnc(NC(=O)c2ccc(NN)cc2)s1. The van der Waals surface area contributed by atoms with Gasteiger partial charge in [0.2, 0.25) is 5.13 Å². The summed E-state index contributed by atoms with van der Waals surface area (Å²) < 4.78 is 0. The Morgan fingerprint density at radius 3 is 2.61 bits per heavy atom. The molecule has 18 heavy (non-hydrogen) atoms. The molecule has 0 aliphatic carbocycles. The number of aryl methyl sites for hydroxylation is 1. The predicted octanol–water partition coefficient (Wildman–Crippen LogP) is 1.64. The minimum atomic E-state index is -0.211. The topological polar surface area (TPSA) is 92.9 Å². The largest absolute Gasteiger partial charge is 0.324 e. The van der Waals surface area contributed by atoms with E-state index in [2.05, 4.69) is 20.9 Å². The van der Waals surface area contributed by atoms with Gasteiger partial charge >= 0.3 is 0 Å². The van der Waals surface area contributed by atoms with E-state index in [0.717, 1.165) is 17.1 Å². The van der Waals surface area contributed by atoms with Crippen LogP contribution in [0.5, 0.6) is 0 Å². The molecule has 0 saturated carbocycles. The molecule has 2 rings (SSSR count). The van der Waals surface area contributed by atoms with Crippen LogP contribution in [0.1, 0.15) is 22.3 Å². The summed E-state index contributed by atoms with van der Waals surface area (Å²) in [5.74, 6) is 5.04. The van der Waals surface area contributed by atoms with E-state index >= 15 is 0 Å². The highest BCUT2D eigenvalue weighted by atomic mass is 32.1. The lowest BCUT2D eigenvalue weighted by molar-refractivity contribution is 0.102. The standard InChI is InChI=1S/C11H13N5OS/c1-2-9-15-16-11(18-9)13-10(17)7-3-5-8(14-12)6-4-7/h3-6,14H,2,12H2,1H3,(H,13,16,17). The lowest BCUT2D eigenvalue weighted by Gasteiger charge is -2.03. The average molecular weight is 263 g/mol. The van der Waals surface area contributed by atoms with Crippen LogP contribution < -0.4 is 16.6 Å². The number of aromatic nitrogens is 2. The van der Waals surface area contributed by atoms with Gasteiger partial charge in [-0.3, -0.25) is 16.0 Å². The van der Waals surface area contributed by atoms with Gasteiger partial charge in [0.15, 0.2) is 0 Å². The maximum absolute atomic E-state index is 11.9. The summed E-state index contributed by atoms with van der Waals surface area (Å²) in [5, 5.41) is 11.9. The van der Waals surface area contributed by atoms with E-state index in [4.69, 9.17) is 5.84 Å². The molecule has 0 atom stereocenters. The summed E-state index contributed by atoms with van der Waals surface area (Å²) in [6.07, 6.45) is 0.810. The fourth-order valence-corrected chi connectivity index (χ4v) is 2.01. The number of anilines is 2. The van der Waals surface area contributed by atoms with Crippen LogP contribution in [0.4, 0.5) is 10.8 Å². The Labute approximate surface area is 108 Å². The molecule has 2 aromatic rings. The Bertz CT molecular complexity index is 537. The van der Waals surface area contributed by atoms with E-state index < -0.39 is 0 Å². The molecule has 94 valence electrons. The lowest BCUT2D eigenvalue weighted by atomic mass is 10.2. The molecule has 0 aliphatic heterocycles. The van der Waals surface area contributed by atoms with Crippen molar-refractivity contribution in [2.75, 3.05) is 10.7 Å². The van der Waals surface area contributed by atoms with E-state index in [-0.39, 0.29) is 5.91 Å². The van der Waals surface area contributed by atoms with Crippen molar-refractivity contribution in [1.29, 1.82) is 0 Å². The molecule has 1 amide bonds. The van der Waals surface area contributed by atoms with Gasteiger partial charge in [-0.15, -0.1) is 10.2 Å². The second-order valence-corrected chi connectivity index (χ2v) is 4.59. The molecule has 1 aromatic heterocycles. The van der Waals surface area contributed by atoms with Gasteiger partial charge in [0, 0.05) is 11.3 Å². The molecule has 6 nitrogen and oxygen atoms in total. The minimum absolute atomic E-state index is 0.211. The normalized spacial score (nSPS) is 10.1. The minimum Gasteiger partial charge on any atom is -0.324 e. The van der Waals surface area contributed by atoms with Crippen molar-refractivity contribution in [3.8, 4) is 0 Å². The zero-order valence-electron chi connectivity index (χ0n) is 9.80. The van der Waals surface area contributed by atoms with Crippen LogP contribution >= 0.6 is 11.3 Å². The number of carbonyl (C=O) groups excluding carboxylic acids is 1.